The van der Waals surface area contributed by atoms with Crippen molar-refractivity contribution in [1.82, 2.24) is 9.88 Å². The molecule has 3 aromatic rings. The molecule has 0 spiro atoms. The van der Waals surface area contributed by atoms with Gasteiger partial charge in [0.2, 0.25) is 5.91 Å². The van der Waals surface area contributed by atoms with Gasteiger partial charge in [0.15, 0.2) is 11.6 Å². The molecule has 3 rings (SSSR count). The lowest BCUT2D eigenvalue weighted by atomic mass is 10.0. The summed E-state index contributed by atoms with van der Waals surface area (Å²) in [4.78, 5) is 36.4. The standard InChI is InChI=1S/C23H21Cl2FN2O5/c1-11(9-20(31)32)27-19(30)8-4-14-12(2)28(17-6-7-18(29)22(26)21(14)17)23(33)13-3-5-15(24)16(25)10-13/h3,5-7,10-11,29H,4,8-9H2,1-2H3,(H,27,30)(H,31,32)/t11-/m0/s1. The number of nitrogens with zero attached hydrogens (tertiary/aromatic N) is 1. The third-order valence-corrected chi connectivity index (χ3v) is 6.01. The van der Waals surface area contributed by atoms with E-state index in [1.54, 1.807) is 13.8 Å². The highest BCUT2D eigenvalue weighted by Crippen LogP contribution is 2.34. The number of carboxylic acid groups (broad SMARTS) is 1. The lowest BCUT2D eigenvalue weighted by Gasteiger charge is -2.12. The first-order chi connectivity index (χ1) is 15.5. The van der Waals surface area contributed by atoms with Crippen molar-refractivity contribution in [1.29, 1.82) is 0 Å². The third-order valence-electron chi connectivity index (χ3n) is 5.27. The van der Waals surface area contributed by atoms with E-state index in [-0.39, 0.29) is 45.8 Å². The van der Waals surface area contributed by atoms with E-state index >= 15 is 0 Å². The Hall–Kier alpha value is -3.10. The lowest BCUT2D eigenvalue weighted by Crippen LogP contribution is -2.34. The van der Waals surface area contributed by atoms with Gasteiger partial charge in [-0.05, 0) is 56.2 Å². The molecular weight excluding hydrogens is 474 g/mol. The fourth-order valence-corrected chi connectivity index (χ4v) is 4.05. The smallest absolute Gasteiger partial charge is 0.305 e. The number of hydrogen-bond donors (Lipinski definition) is 3. The highest BCUT2D eigenvalue weighted by Gasteiger charge is 2.24. The molecule has 0 bridgehead atoms. The summed E-state index contributed by atoms with van der Waals surface area (Å²) in [7, 11) is 0. The fourth-order valence-electron chi connectivity index (χ4n) is 3.75. The van der Waals surface area contributed by atoms with E-state index in [0.717, 1.165) is 6.07 Å². The predicted octanol–water partition coefficient (Wildman–Crippen LogP) is 4.70. The van der Waals surface area contributed by atoms with Crippen molar-refractivity contribution < 1.29 is 29.0 Å². The minimum Gasteiger partial charge on any atom is -0.505 e. The molecule has 1 aromatic heterocycles. The van der Waals surface area contributed by atoms with Gasteiger partial charge in [-0.15, -0.1) is 0 Å². The monoisotopic (exact) mass is 494 g/mol. The van der Waals surface area contributed by atoms with Crippen molar-refractivity contribution in [3.05, 3.63) is 63.0 Å². The van der Waals surface area contributed by atoms with E-state index in [2.05, 4.69) is 5.32 Å². The van der Waals surface area contributed by atoms with Gasteiger partial charge in [0.05, 0.1) is 22.0 Å². The summed E-state index contributed by atoms with van der Waals surface area (Å²) >= 11 is 12.0. The Labute approximate surface area is 198 Å². The number of carbonyl (C=O) groups excluding carboxylic acids is 2. The van der Waals surface area contributed by atoms with Crippen molar-refractivity contribution in [3.8, 4) is 5.75 Å². The van der Waals surface area contributed by atoms with Crippen LogP contribution >= 0.6 is 23.2 Å². The normalized spacial score (nSPS) is 12.0. The second-order valence-corrected chi connectivity index (χ2v) is 8.51. The molecule has 1 heterocycles. The number of aromatic hydroxyl groups is 1. The van der Waals surface area contributed by atoms with Gasteiger partial charge in [0.25, 0.3) is 5.91 Å². The van der Waals surface area contributed by atoms with Crippen LogP contribution in [0.3, 0.4) is 0 Å². The number of aryl methyl sites for hydroxylation is 1. The molecule has 33 heavy (non-hydrogen) atoms. The quantitative estimate of drug-likeness (QED) is 0.440. The number of halogens is 3. The molecule has 0 aliphatic carbocycles. The minimum absolute atomic E-state index is 0.0345. The van der Waals surface area contributed by atoms with Crippen molar-refractivity contribution in [2.75, 3.05) is 0 Å². The van der Waals surface area contributed by atoms with Crippen LogP contribution in [0.15, 0.2) is 30.3 Å². The molecule has 0 aliphatic rings. The number of rotatable bonds is 7. The van der Waals surface area contributed by atoms with E-state index < -0.39 is 35.4 Å². The number of aromatic nitrogens is 1. The summed E-state index contributed by atoms with van der Waals surface area (Å²) in [6, 6.07) is 6.39. The molecule has 1 amide bonds. The molecule has 2 aromatic carbocycles. The number of nitrogens with one attached hydrogen (secondary N) is 1. The summed E-state index contributed by atoms with van der Waals surface area (Å²) < 4.78 is 16.2. The molecule has 3 N–H and O–H groups in total. The van der Waals surface area contributed by atoms with Crippen molar-refractivity contribution in [3.63, 3.8) is 0 Å². The minimum atomic E-state index is -1.04. The average molecular weight is 495 g/mol. The zero-order valence-corrected chi connectivity index (χ0v) is 19.3. The largest absolute Gasteiger partial charge is 0.505 e. The summed E-state index contributed by atoms with van der Waals surface area (Å²) in [5.41, 5.74) is 1.24. The maximum atomic E-state index is 14.9. The molecule has 7 nitrogen and oxygen atoms in total. The van der Waals surface area contributed by atoms with Gasteiger partial charge in [-0.1, -0.05) is 23.2 Å². The van der Waals surface area contributed by atoms with Gasteiger partial charge in [-0.25, -0.2) is 4.39 Å². The molecule has 0 saturated carbocycles. The number of carboxylic acids is 1. The molecule has 0 aliphatic heterocycles. The zero-order valence-electron chi connectivity index (χ0n) is 17.8. The molecule has 1 atom stereocenters. The first-order valence-electron chi connectivity index (χ1n) is 10.0. The van der Waals surface area contributed by atoms with E-state index in [4.69, 9.17) is 28.3 Å². The Bertz CT molecular complexity index is 1270. The lowest BCUT2D eigenvalue weighted by molar-refractivity contribution is -0.137. The molecule has 0 unspecified atom stereocenters. The first-order valence-corrected chi connectivity index (χ1v) is 10.8. The number of benzene rings is 2. The van der Waals surface area contributed by atoms with Crippen LogP contribution in [0.1, 0.15) is 41.4 Å². The Morgan fingerprint density at radius 3 is 2.48 bits per heavy atom. The molecule has 0 radical (unpaired) electrons. The van der Waals surface area contributed by atoms with Crippen molar-refractivity contribution >= 4 is 51.9 Å². The summed E-state index contributed by atoms with van der Waals surface area (Å²) in [5, 5.41) is 21.8. The topological polar surface area (TPSA) is 109 Å². The Kier molecular flexibility index (Phi) is 7.29. The molecule has 0 saturated heterocycles. The van der Waals surface area contributed by atoms with Crippen LogP contribution in [0.25, 0.3) is 10.9 Å². The fraction of sp³-hybridized carbons (Fsp3) is 0.261. The van der Waals surface area contributed by atoms with Crippen molar-refractivity contribution in [2.24, 2.45) is 0 Å². The van der Waals surface area contributed by atoms with E-state index in [0.29, 0.717) is 11.3 Å². The van der Waals surface area contributed by atoms with Crippen LogP contribution in [-0.2, 0) is 16.0 Å². The van der Waals surface area contributed by atoms with Gasteiger partial charge >= 0.3 is 5.97 Å². The number of phenols is 1. The average Bonchev–Trinajstić information content (AvgIpc) is 3.01. The van der Waals surface area contributed by atoms with Crippen LogP contribution in [-0.4, -0.2) is 38.6 Å². The van der Waals surface area contributed by atoms with E-state index in [9.17, 15) is 23.9 Å². The third kappa shape index (κ3) is 5.12. The zero-order chi connectivity index (χ0) is 24.4. The van der Waals surface area contributed by atoms with E-state index in [1.807, 2.05) is 0 Å². The highest BCUT2D eigenvalue weighted by atomic mass is 35.5. The van der Waals surface area contributed by atoms with Gasteiger partial charge in [0.1, 0.15) is 0 Å². The summed E-state index contributed by atoms with van der Waals surface area (Å²) in [6.45, 7) is 3.18. The molecule has 174 valence electrons. The number of phenolic OH excluding ortho intramolecular Hbond substituents is 1. The van der Waals surface area contributed by atoms with Crippen LogP contribution in [0.5, 0.6) is 5.75 Å². The Morgan fingerprint density at radius 1 is 1.15 bits per heavy atom. The molecular formula is C23H21Cl2FN2O5. The summed E-state index contributed by atoms with van der Waals surface area (Å²) in [5.74, 6) is -3.42. The second-order valence-electron chi connectivity index (χ2n) is 7.69. The van der Waals surface area contributed by atoms with Crippen LogP contribution < -0.4 is 5.32 Å². The number of fused-ring (bicyclic) bond motifs is 1. The highest BCUT2D eigenvalue weighted by molar-refractivity contribution is 6.42. The molecule has 0 fully saturated rings. The number of aliphatic carboxylic acids is 1. The second kappa shape index (κ2) is 9.80. The van der Waals surface area contributed by atoms with Gasteiger partial charge in [-0.3, -0.25) is 19.0 Å². The van der Waals surface area contributed by atoms with E-state index in [1.165, 1.54) is 28.8 Å². The Morgan fingerprint density at radius 2 is 1.85 bits per heavy atom. The summed E-state index contributed by atoms with van der Waals surface area (Å²) in [6.07, 6.45) is -0.235. The predicted molar refractivity (Wildman–Crippen MR) is 123 cm³/mol. The van der Waals surface area contributed by atoms with Crippen LogP contribution in [0.4, 0.5) is 4.39 Å². The van der Waals surface area contributed by atoms with Gasteiger partial charge < -0.3 is 15.5 Å². The first kappa shape index (κ1) is 24.5. The maximum Gasteiger partial charge on any atom is 0.305 e. The maximum absolute atomic E-state index is 14.9. The van der Waals surface area contributed by atoms with Crippen molar-refractivity contribution in [2.45, 2.75) is 39.2 Å². The number of hydrogen-bond acceptors (Lipinski definition) is 4. The van der Waals surface area contributed by atoms with Crippen LogP contribution in [0.2, 0.25) is 10.0 Å². The number of carbonyl (C=O) groups is 3. The molecule has 10 heteroatoms. The Balaban J connectivity index is 2.00. The van der Waals surface area contributed by atoms with Gasteiger partial charge in [-0.2, -0.15) is 0 Å². The van der Waals surface area contributed by atoms with Crippen LogP contribution in [0, 0.1) is 12.7 Å². The SMILES string of the molecule is Cc1c(CCC(=O)N[C@@H](C)CC(=O)O)c2c(F)c(O)ccc2n1C(=O)c1ccc(Cl)c(Cl)c1. The number of amides is 1. The van der Waals surface area contributed by atoms with Gasteiger partial charge in [0, 0.05) is 29.1 Å².